The van der Waals surface area contributed by atoms with Gasteiger partial charge in [-0.2, -0.15) is 0 Å². The van der Waals surface area contributed by atoms with Crippen LogP contribution in [0.5, 0.6) is 0 Å². The fraction of sp³-hybridized carbons (Fsp3) is 1.00. The molecule has 2 aliphatic rings. The summed E-state index contributed by atoms with van der Waals surface area (Å²) in [6.45, 7) is 1.10. The molecule has 0 radical (unpaired) electrons. The van der Waals surface area contributed by atoms with Gasteiger partial charge < -0.3 is 10.4 Å². The minimum atomic E-state index is -0.301. The van der Waals surface area contributed by atoms with Crippen LogP contribution in [0, 0.1) is 0 Å². The molecular weight excluding hydrogens is 170 g/mol. The average molecular weight is 189 g/mol. The van der Waals surface area contributed by atoms with Gasteiger partial charge in [-0.1, -0.05) is 0 Å². The number of hydrogen-bond acceptors (Lipinski definition) is 2. The molecule has 0 bridgehead atoms. The quantitative estimate of drug-likeness (QED) is 0.635. The van der Waals surface area contributed by atoms with Gasteiger partial charge in [0.05, 0.1) is 6.10 Å². The van der Waals surface area contributed by atoms with Crippen molar-refractivity contribution in [2.75, 3.05) is 30.1 Å². The van der Waals surface area contributed by atoms with Gasteiger partial charge in [0.25, 0.3) is 0 Å². The predicted octanol–water partition coefficient (Wildman–Crippen LogP) is 0.547. The Kier molecular flexibility index (Phi) is 2.36. The first-order valence-corrected chi connectivity index (χ1v) is 7.37. The van der Waals surface area contributed by atoms with Crippen LogP contribution in [-0.4, -0.2) is 47.3 Å². The highest BCUT2D eigenvalue weighted by atomic mass is 32.3. The zero-order valence-corrected chi connectivity index (χ0v) is 8.57. The van der Waals surface area contributed by atoms with E-state index in [1.165, 1.54) is 24.3 Å². The number of aliphatic hydroxyl groups is 1. The van der Waals surface area contributed by atoms with E-state index in [4.69, 9.17) is 0 Å². The van der Waals surface area contributed by atoms with Crippen molar-refractivity contribution in [3.8, 4) is 0 Å². The molecule has 0 amide bonds. The highest BCUT2D eigenvalue weighted by molar-refractivity contribution is 8.38. The van der Waals surface area contributed by atoms with Crippen molar-refractivity contribution >= 4 is 10.0 Å². The van der Waals surface area contributed by atoms with Crippen molar-refractivity contribution in [3.63, 3.8) is 0 Å². The molecule has 0 spiro atoms. The summed E-state index contributed by atoms with van der Waals surface area (Å²) in [6.07, 6.45) is 4.73. The average Bonchev–Trinajstić information content (AvgIpc) is 2.55. The first-order chi connectivity index (χ1) is 5.70. The summed E-state index contributed by atoms with van der Waals surface area (Å²) in [5.41, 5.74) is 0. The molecule has 2 N–H and O–H groups in total. The largest absolute Gasteiger partial charge is 0.391 e. The van der Waals surface area contributed by atoms with Crippen molar-refractivity contribution < 1.29 is 5.11 Å². The van der Waals surface area contributed by atoms with Crippen LogP contribution >= 0.6 is 10.0 Å². The first-order valence-electron chi connectivity index (χ1n) is 4.82. The molecule has 2 saturated heterocycles. The molecule has 3 heteroatoms. The third-order valence-electron chi connectivity index (χ3n) is 3.04. The molecule has 2 atom stereocenters. The highest BCUT2D eigenvalue weighted by Gasteiger charge is 2.36. The second kappa shape index (κ2) is 3.20. The lowest BCUT2D eigenvalue weighted by Crippen LogP contribution is -2.37. The van der Waals surface area contributed by atoms with E-state index in [0.717, 1.165) is 12.3 Å². The van der Waals surface area contributed by atoms with Crippen LogP contribution in [0.1, 0.15) is 12.8 Å². The van der Waals surface area contributed by atoms with Gasteiger partial charge in [-0.15, -0.1) is 0 Å². The highest BCUT2D eigenvalue weighted by Crippen LogP contribution is 2.58. The number of hydrogen-bond donors (Lipinski definition) is 2. The topological polar surface area (TPSA) is 32.3 Å². The Bertz CT molecular complexity index is 164. The van der Waals surface area contributed by atoms with E-state index in [1.54, 1.807) is 0 Å². The SMILES string of the molecule is CS1(C[C@@H](O)[C@@H]2CCCN2)CC1. The summed E-state index contributed by atoms with van der Waals surface area (Å²) in [5, 5.41) is 13.3. The Morgan fingerprint density at radius 1 is 1.58 bits per heavy atom. The van der Waals surface area contributed by atoms with Crippen LogP contribution in [0.25, 0.3) is 0 Å². The van der Waals surface area contributed by atoms with Crippen LogP contribution in [0.15, 0.2) is 0 Å². The minimum Gasteiger partial charge on any atom is -0.391 e. The van der Waals surface area contributed by atoms with Crippen molar-refractivity contribution in [1.82, 2.24) is 5.32 Å². The summed E-state index contributed by atoms with van der Waals surface area (Å²) >= 11 is 0. The number of rotatable bonds is 3. The molecule has 0 aromatic rings. The molecule has 0 saturated carbocycles. The van der Waals surface area contributed by atoms with Crippen LogP contribution < -0.4 is 5.32 Å². The Balaban J connectivity index is 1.79. The van der Waals surface area contributed by atoms with E-state index < -0.39 is 0 Å². The fourth-order valence-electron chi connectivity index (χ4n) is 1.88. The molecule has 2 aliphatic heterocycles. The first kappa shape index (κ1) is 8.85. The summed E-state index contributed by atoms with van der Waals surface area (Å²) in [7, 11) is -0.301. The van der Waals surface area contributed by atoms with E-state index in [9.17, 15) is 5.11 Å². The maximum Gasteiger partial charge on any atom is 0.0768 e. The standard InChI is InChI=1S/C9H19NOS/c1-12(5-6-12)7-9(11)8-3-2-4-10-8/h8-11H,2-7H2,1H3/t8-,9+/m0/s1. The molecule has 72 valence electrons. The van der Waals surface area contributed by atoms with Crippen molar-refractivity contribution in [3.05, 3.63) is 0 Å². The lowest BCUT2D eigenvalue weighted by molar-refractivity contribution is 0.158. The van der Waals surface area contributed by atoms with Gasteiger partial charge in [0, 0.05) is 11.8 Å². The number of aliphatic hydroxyl groups excluding tert-OH is 1. The Hall–Kier alpha value is 0.270. The predicted molar refractivity (Wildman–Crippen MR) is 55.1 cm³/mol. The Morgan fingerprint density at radius 2 is 2.33 bits per heavy atom. The van der Waals surface area contributed by atoms with E-state index in [2.05, 4.69) is 11.6 Å². The normalized spacial score (nSPS) is 37.7. The second-order valence-corrected chi connectivity index (χ2v) is 8.43. The molecule has 0 unspecified atom stereocenters. The number of nitrogens with one attached hydrogen (secondary N) is 1. The van der Waals surface area contributed by atoms with Crippen LogP contribution in [0.4, 0.5) is 0 Å². The van der Waals surface area contributed by atoms with Crippen molar-refractivity contribution in [2.24, 2.45) is 0 Å². The van der Waals surface area contributed by atoms with Gasteiger partial charge in [0.2, 0.25) is 0 Å². The lowest BCUT2D eigenvalue weighted by Gasteiger charge is -2.23. The Labute approximate surface area is 76.1 Å². The monoisotopic (exact) mass is 189 g/mol. The smallest absolute Gasteiger partial charge is 0.0768 e. The Morgan fingerprint density at radius 3 is 2.83 bits per heavy atom. The maximum atomic E-state index is 9.88. The lowest BCUT2D eigenvalue weighted by atomic mass is 10.1. The third-order valence-corrected chi connectivity index (χ3v) is 5.99. The van der Waals surface area contributed by atoms with E-state index >= 15 is 0 Å². The van der Waals surface area contributed by atoms with E-state index in [-0.39, 0.29) is 16.1 Å². The molecule has 0 aromatic heterocycles. The van der Waals surface area contributed by atoms with Crippen molar-refractivity contribution in [1.29, 1.82) is 0 Å². The third kappa shape index (κ3) is 1.95. The molecule has 0 aromatic carbocycles. The van der Waals surface area contributed by atoms with Gasteiger partial charge in [-0.05, 0) is 37.1 Å². The molecule has 2 fully saturated rings. The summed E-state index contributed by atoms with van der Waals surface area (Å²) in [4.78, 5) is 0. The molecule has 12 heavy (non-hydrogen) atoms. The second-order valence-electron chi connectivity index (χ2n) is 4.32. The minimum absolute atomic E-state index is 0.0602. The molecule has 0 aliphatic carbocycles. The van der Waals surface area contributed by atoms with Crippen LogP contribution in [0.3, 0.4) is 0 Å². The molecule has 2 rings (SSSR count). The van der Waals surface area contributed by atoms with Gasteiger partial charge in [0.1, 0.15) is 0 Å². The van der Waals surface area contributed by atoms with Gasteiger partial charge in [0.15, 0.2) is 0 Å². The van der Waals surface area contributed by atoms with Crippen molar-refractivity contribution in [2.45, 2.75) is 25.0 Å². The van der Waals surface area contributed by atoms with Gasteiger partial charge >= 0.3 is 0 Å². The zero-order chi connectivity index (χ0) is 8.60. The maximum absolute atomic E-state index is 9.88. The molecule has 2 heterocycles. The summed E-state index contributed by atoms with van der Waals surface area (Å²) in [6, 6.07) is 0.412. The van der Waals surface area contributed by atoms with E-state index in [0.29, 0.717) is 6.04 Å². The summed E-state index contributed by atoms with van der Waals surface area (Å²) in [5.74, 6) is 3.89. The molecule has 2 nitrogen and oxygen atoms in total. The van der Waals surface area contributed by atoms with E-state index in [1.807, 2.05) is 0 Å². The summed E-state index contributed by atoms with van der Waals surface area (Å²) < 4.78 is 0. The zero-order valence-electron chi connectivity index (χ0n) is 7.75. The molecular formula is C9H19NOS. The van der Waals surface area contributed by atoms with Crippen LogP contribution in [-0.2, 0) is 0 Å². The van der Waals surface area contributed by atoms with Gasteiger partial charge in [-0.25, -0.2) is 10.0 Å². The van der Waals surface area contributed by atoms with Gasteiger partial charge in [-0.3, -0.25) is 0 Å². The fourth-order valence-corrected chi connectivity index (χ4v) is 4.41. The van der Waals surface area contributed by atoms with Crippen LogP contribution in [0.2, 0.25) is 0 Å².